The lowest BCUT2D eigenvalue weighted by Crippen LogP contribution is -2.34. The fraction of sp³-hybridized carbons (Fsp3) is 0.727. The zero-order valence-corrected chi connectivity index (χ0v) is 9.25. The highest BCUT2D eigenvalue weighted by Gasteiger charge is 2.11. The maximum atomic E-state index is 11.5. The molecule has 0 aromatic rings. The van der Waals surface area contributed by atoms with Crippen LogP contribution in [-0.4, -0.2) is 18.5 Å². The Balaban J connectivity index is 3.78. The van der Waals surface area contributed by atoms with Crippen molar-refractivity contribution in [3.63, 3.8) is 0 Å². The first kappa shape index (κ1) is 13.2. The molecule has 3 nitrogen and oxygen atoms in total. The molecule has 0 saturated heterocycles. The molecule has 0 spiro atoms. The molecular weight excluding hydrogens is 176 g/mol. The molecule has 0 saturated carbocycles. The fourth-order valence-corrected chi connectivity index (χ4v) is 1.30. The van der Waals surface area contributed by atoms with E-state index >= 15 is 0 Å². The zero-order chi connectivity index (χ0) is 11.0. The van der Waals surface area contributed by atoms with E-state index in [-0.39, 0.29) is 11.9 Å². The maximum Gasteiger partial charge on any atom is 0.220 e. The van der Waals surface area contributed by atoms with Gasteiger partial charge >= 0.3 is 0 Å². The van der Waals surface area contributed by atoms with Gasteiger partial charge in [0, 0.05) is 12.5 Å². The minimum atomic E-state index is 0.0941. The summed E-state index contributed by atoms with van der Waals surface area (Å²) in [6, 6.07) is 0.176. The lowest BCUT2D eigenvalue weighted by Gasteiger charge is -2.15. The van der Waals surface area contributed by atoms with Crippen molar-refractivity contribution in [1.82, 2.24) is 5.32 Å². The molecule has 0 fully saturated rings. The van der Waals surface area contributed by atoms with Gasteiger partial charge in [-0.15, -0.1) is 6.58 Å². The van der Waals surface area contributed by atoms with Gasteiger partial charge in [0.1, 0.15) is 0 Å². The predicted octanol–water partition coefficient (Wildman–Crippen LogP) is 1.44. The van der Waals surface area contributed by atoms with Crippen molar-refractivity contribution >= 4 is 5.91 Å². The molecule has 14 heavy (non-hydrogen) atoms. The third kappa shape index (κ3) is 5.75. The standard InChI is InChI=1S/C11H22N2O/c1-4-6-9(3)13-11(14)7-10(5-2)8-12/h4,9-10H,1,5-8,12H2,2-3H3,(H,13,14). The minimum Gasteiger partial charge on any atom is -0.353 e. The fourth-order valence-electron chi connectivity index (χ4n) is 1.30. The van der Waals surface area contributed by atoms with Gasteiger partial charge in [-0.05, 0) is 25.8 Å². The second-order valence-electron chi connectivity index (χ2n) is 3.71. The molecule has 0 aromatic heterocycles. The molecule has 2 unspecified atom stereocenters. The van der Waals surface area contributed by atoms with E-state index < -0.39 is 0 Å². The van der Waals surface area contributed by atoms with Crippen LogP contribution in [0.1, 0.15) is 33.1 Å². The average molecular weight is 198 g/mol. The SMILES string of the molecule is C=CCC(C)NC(=O)CC(CC)CN. The summed E-state index contributed by atoms with van der Waals surface area (Å²) in [4.78, 5) is 11.5. The third-order valence-corrected chi connectivity index (χ3v) is 2.31. The van der Waals surface area contributed by atoms with E-state index in [0.717, 1.165) is 12.8 Å². The van der Waals surface area contributed by atoms with Crippen molar-refractivity contribution in [2.75, 3.05) is 6.54 Å². The molecule has 0 heterocycles. The molecule has 82 valence electrons. The van der Waals surface area contributed by atoms with E-state index in [1.165, 1.54) is 0 Å². The van der Waals surface area contributed by atoms with Crippen molar-refractivity contribution < 1.29 is 4.79 Å². The summed E-state index contributed by atoms with van der Waals surface area (Å²) >= 11 is 0. The van der Waals surface area contributed by atoms with Crippen LogP contribution in [0.4, 0.5) is 0 Å². The number of carbonyl (C=O) groups is 1. The lowest BCUT2D eigenvalue weighted by atomic mass is 10.0. The van der Waals surface area contributed by atoms with Crippen LogP contribution in [-0.2, 0) is 4.79 Å². The topological polar surface area (TPSA) is 55.1 Å². The first-order chi connectivity index (χ1) is 6.63. The van der Waals surface area contributed by atoms with Crippen LogP contribution in [0.2, 0.25) is 0 Å². The highest BCUT2D eigenvalue weighted by molar-refractivity contribution is 5.76. The first-order valence-electron chi connectivity index (χ1n) is 5.24. The Kier molecular flexibility index (Phi) is 7.11. The molecule has 1 amide bonds. The zero-order valence-electron chi connectivity index (χ0n) is 9.25. The first-order valence-corrected chi connectivity index (χ1v) is 5.24. The van der Waals surface area contributed by atoms with Crippen molar-refractivity contribution in [3.8, 4) is 0 Å². The van der Waals surface area contributed by atoms with Gasteiger partial charge in [-0.3, -0.25) is 4.79 Å². The smallest absolute Gasteiger partial charge is 0.220 e. The van der Waals surface area contributed by atoms with Crippen LogP contribution >= 0.6 is 0 Å². The van der Waals surface area contributed by atoms with Crippen molar-refractivity contribution in [2.45, 2.75) is 39.2 Å². The molecule has 3 N–H and O–H groups in total. The van der Waals surface area contributed by atoms with E-state index in [2.05, 4.69) is 18.8 Å². The van der Waals surface area contributed by atoms with Crippen molar-refractivity contribution in [2.24, 2.45) is 11.7 Å². The molecule has 0 aromatic carbocycles. The van der Waals surface area contributed by atoms with E-state index in [0.29, 0.717) is 18.9 Å². The molecule has 0 aliphatic carbocycles. The van der Waals surface area contributed by atoms with E-state index in [1.54, 1.807) is 0 Å². The Morgan fingerprint density at radius 3 is 2.71 bits per heavy atom. The van der Waals surface area contributed by atoms with Crippen molar-refractivity contribution in [3.05, 3.63) is 12.7 Å². The Morgan fingerprint density at radius 1 is 1.64 bits per heavy atom. The molecule has 0 aliphatic heterocycles. The van der Waals surface area contributed by atoms with Gasteiger partial charge in [0.25, 0.3) is 0 Å². The number of rotatable bonds is 7. The summed E-state index contributed by atoms with van der Waals surface area (Å²) in [5.74, 6) is 0.405. The molecule has 0 rings (SSSR count). The minimum absolute atomic E-state index is 0.0941. The summed E-state index contributed by atoms with van der Waals surface area (Å²) < 4.78 is 0. The number of hydrogen-bond acceptors (Lipinski definition) is 2. The number of amides is 1. The third-order valence-electron chi connectivity index (χ3n) is 2.31. The quantitative estimate of drug-likeness (QED) is 0.608. The van der Waals surface area contributed by atoms with Crippen LogP contribution in [0.5, 0.6) is 0 Å². The van der Waals surface area contributed by atoms with Crippen LogP contribution in [0.15, 0.2) is 12.7 Å². The Bertz CT molecular complexity index is 176. The average Bonchev–Trinajstić information content (AvgIpc) is 2.14. The van der Waals surface area contributed by atoms with Gasteiger partial charge in [0.15, 0.2) is 0 Å². The second kappa shape index (κ2) is 7.56. The van der Waals surface area contributed by atoms with Crippen molar-refractivity contribution in [1.29, 1.82) is 0 Å². The Hall–Kier alpha value is -0.830. The largest absolute Gasteiger partial charge is 0.353 e. The molecule has 3 heteroatoms. The van der Waals surface area contributed by atoms with Crippen LogP contribution in [0.3, 0.4) is 0 Å². The summed E-state index contributed by atoms with van der Waals surface area (Å²) in [5.41, 5.74) is 5.52. The maximum absolute atomic E-state index is 11.5. The summed E-state index contributed by atoms with van der Waals surface area (Å²) in [7, 11) is 0. The molecule has 2 atom stereocenters. The van der Waals surface area contributed by atoms with Gasteiger partial charge in [0.05, 0.1) is 0 Å². The number of nitrogens with two attached hydrogens (primary N) is 1. The molecular formula is C11H22N2O. The van der Waals surface area contributed by atoms with E-state index in [4.69, 9.17) is 5.73 Å². The number of hydrogen-bond donors (Lipinski definition) is 2. The van der Waals surface area contributed by atoms with Crippen LogP contribution in [0.25, 0.3) is 0 Å². The van der Waals surface area contributed by atoms with Crippen LogP contribution < -0.4 is 11.1 Å². The van der Waals surface area contributed by atoms with Crippen LogP contribution in [0, 0.1) is 5.92 Å². The monoisotopic (exact) mass is 198 g/mol. The molecule has 0 radical (unpaired) electrons. The Labute approximate surface area is 86.8 Å². The number of carbonyl (C=O) groups excluding carboxylic acids is 1. The predicted molar refractivity (Wildman–Crippen MR) is 59.9 cm³/mol. The van der Waals surface area contributed by atoms with Gasteiger partial charge < -0.3 is 11.1 Å². The normalized spacial score (nSPS) is 14.5. The lowest BCUT2D eigenvalue weighted by molar-refractivity contribution is -0.122. The second-order valence-corrected chi connectivity index (χ2v) is 3.71. The van der Waals surface area contributed by atoms with Gasteiger partial charge in [-0.1, -0.05) is 19.4 Å². The van der Waals surface area contributed by atoms with E-state index in [9.17, 15) is 4.79 Å². The van der Waals surface area contributed by atoms with E-state index in [1.807, 2.05) is 13.0 Å². The summed E-state index contributed by atoms with van der Waals surface area (Å²) in [6.07, 6.45) is 4.12. The van der Waals surface area contributed by atoms with Gasteiger partial charge in [-0.25, -0.2) is 0 Å². The molecule has 0 bridgehead atoms. The van der Waals surface area contributed by atoms with Gasteiger partial charge in [-0.2, -0.15) is 0 Å². The Morgan fingerprint density at radius 2 is 2.29 bits per heavy atom. The highest BCUT2D eigenvalue weighted by atomic mass is 16.1. The summed E-state index contributed by atoms with van der Waals surface area (Å²) in [5, 5.41) is 2.91. The number of nitrogens with one attached hydrogen (secondary N) is 1. The van der Waals surface area contributed by atoms with Gasteiger partial charge in [0.2, 0.25) is 5.91 Å². The molecule has 0 aliphatic rings. The summed E-state index contributed by atoms with van der Waals surface area (Å²) in [6.45, 7) is 8.24. The highest BCUT2D eigenvalue weighted by Crippen LogP contribution is 2.05.